The maximum atomic E-state index is 5.10. The third-order valence-corrected chi connectivity index (χ3v) is 1.86. The maximum absolute atomic E-state index is 5.10. The first-order valence-corrected chi connectivity index (χ1v) is 4.37. The van der Waals surface area contributed by atoms with Gasteiger partial charge in [0, 0.05) is 28.0 Å². The molecule has 0 aromatic rings. The summed E-state index contributed by atoms with van der Waals surface area (Å²) in [5.41, 5.74) is 0. The highest BCUT2D eigenvalue weighted by atomic mass is 31.2. The molecule has 1 unspecified atom stereocenters. The second-order valence-electron chi connectivity index (χ2n) is 1.49. The topological polar surface area (TPSA) is 36.9 Å². The fourth-order valence-electron chi connectivity index (χ4n) is 0.347. The van der Waals surface area contributed by atoms with Crippen molar-refractivity contribution < 1.29 is 18.5 Å². The van der Waals surface area contributed by atoms with Crippen LogP contribution < -0.4 is 0 Å². The molecule has 0 aliphatic heterocycles. The zero-order valence-electron chi connectivity index (χ0n) is 6.66. The van der Waals surface area contributed by atoms with E-state index in [2.05, 4.69) is 0 Å². The van der Waals surface area contributed by atoms with Crippen LogP contribution in [0.3, 0.4) is 0 Å². The predicted octanol–water partition coefficient (Wildman–Crippen LogP) is 1.17. The van der Waals surface area contributed by atoms with Crippen LogP contribution in [0.2, 0.25) is 0 Å². The van der Waals surface area contributed by atoms with Gasteiger partial charge in [0.1, 0.15) is 0 Å². The molecule has 0 saturated heterocycles. The van der Waals surface area contributed by atoms with E-state index in [1.54, 1.807) is 7.11 Å². The molecule has 62 valence electrons. The van der Waals surface area contributed by atoms with Crippen molar-refractivity contribution in [2.75, 3.05) is 28.0 Å². The standard InChI is InChI=1S/C5H13O4P/c1-6-5(7-2)9-10(4)8-3/h5H,1-4H3. The Labute approximate surface area is 62.3 Å². The minimum atomic E-state index is -0.879. The van der Waals surface area contributed by atoms with Crippen LogP contribution in [0.25, 0.3) is 0 Å². The van der Waals surface area contributed by atoms with E-state index in [0.717, 1.165) is 0 Å². The molecule has 1 atom stereocenters. The molecular weight excluding hydrogens is 155 g/mol. The normalized spacial score (nSPS) is 14.1. The van der Waals surface area contributed by atoms with Crippen molar-refractivity contribution in [1.82, 2.24) is 0 Å². The molecule has 0 fully saturated rings. The van der Waals surface area contributed by atoms with Crippen molar-refractivity contribution >= 4 is 8.38 Å². The highest BCUT2D eigenvalue weighted by Crippen LogP contribution is 2.33. The molecule has 0 spiro atoms. The number of ether oxygens (including phenoxy) is 2. The van der Waals surface area contributed by atoms with Gasteiger partial charge in [-0.05, 0) is 0 Å². The highest BCUT2D eigenvalue weighted by Gasteiger charge is 2.09. The van der Waals surface area contributed by atoms with Gasteiger partial charge in [0.2, 0.25) is 0 Å². The highest BCUT2D eigenvalue weighted by molar-refractivity contribution is 7.46. The lowest BCUT2D eigenvalue weighted by molar-refractivity contribution is -0.218. The van der Waals surface area contributed by atoms with Crippen LogP contribution in [0.1, 0.15) is 0 Å². The summed E-state index contributed by atoms with van der Waals surface area (Å²) in [4.78, 5) is 0. The monoisotopic (exact) mass is 168 g/mol. The van der Waals surface area contributed by atoms with Gasteiger partial charge in [-0.3, -0.25) is 4.52 Å². The second-order valence-corrected chi connectivity index (χ2v) is 2.94. The molecular formula is C5H13O4P. The van der Waals surface area contributed by atoms with Crippen LogP contribution in [-0.4, -0.2) is 34.5 Å². The van der Waals surface area contributed by atoms with Crippen molar-refractivity contribution in [3.8, 4) is 0 Å². The van der Waals surface area contributed by atoms with Gasteiger partial charge in [-0.2, -0.15) is 0 Å². The molecule has 0 aliphatic rings. The van der Waals surface area contributed by atoms with Crippen LogP contribution in [-0.2, 0) is 18.5 Å². The Morgan fingerprint density at radius 3 is 1.90 bits per heavy atom. The molecule has 0 bridgehead atoms. The Morgan fingerprint density at radius 2 is 1.60 bits per heavy atom. The molecule has 0 radical (unpaired) electrons. The van der Waals surface area contributed by atoms with Crippen molar-refractivity contribution in [3.05, 3.63) is 0 Å². The Bertz CT molecular complexity index is 76.0. The van der Waals surface area contributed by atoms with Crippen molar-refractivity contribution in [2.24, 2.45) is 0 Å². The van der Waals surface area contributed by atoms with Gasteiger partial charge >= 0.3 is 0 Å². The minimum absolute atomic E-state index is 0.615. The average molecular weight is 168 g/mol. The lowest BCUT2D eigenvalue weighted by atomic mass is 11.2. The second kappa shape index (κ2) is 6.01. The Hall–Kier alpha value is 0.270. The van der Waals surface area contributed by atoms with Gasteiger partial charge in [0.15, 0.2) is 8.38 Å². The van der Waals surface area contributed by atoms with E-state index in [4.69, 9.17) is 18.5 Å². The quantitative estimate of drug-likeness (QED) is 0.456. The lowest BCUT2D eigenvalue weighted by Gasteiger charge is -2.16. The van der Waals surface area contributed by atoms with Crippen LogP contribution in [0.15, 0.2) is 0 Å². The van der Waals surface area contributed by atoms with E-state index in [9.17, 15) is 0 Å². The molecule has 10 heavy (non-hydrogen) atoms. The Morgan fingerprint density at radius 1 is 1.10 bits per heavy atom. The van der Waals surface area contributed by atoms with Gasteiger partial charge in [0.05, 0.1) is 0 Å². The summed E-state index contributed by atoms with van der Waals surface area (Å²) in [6.07, 6.45) is 0. The molecule has 5 heteroatoms. The maximum Gasteiger partial charge on any atom is 0.276 e. The summed E-state index contributed by atoms with van der Waals surface area (Å²) in [6, 6.07) is 0. The number of rotatable bonds is 5. The molecule has 0 amide bonds. The summed E-state index contributed by atoms with van der Waals surface area (Å²) in [7, 11) is 3.71. The predicted molar refractivity (Wildman–Crippen MR) is 38.7 cm³/mol. The summed E-state index contributed by atoms with van der Waals surface area (Å²) in [5.74, 6) is 0. The van der Waals surface area contributed by atoms with Crippen LogP contribution in [0, 0.1) is 0 Å². The first-order valence-electron chi connectivity index (χ1n) is 2.74. The fraction of sp³-hybridized carbons (Fsp3) is 1.00. The van der Waals surface area contributed by atoms with E-state index >= 15 is 0 Å². The smallest absolute Gasteiger partial charge is 0.276 e. The third-order valence-electron chi connectivity index (χ3n) is 0.877. The first-order chi connectivity index (χ1) is 4.74. The summed E-state index contributed by atoms with van der Waals surface area (Å²) in [5, 5.41) is 0. The molecule has 0 heterocycles. The SMILES string of the molecule is COC(OC)OP(C)OC. The molecule has 0 N–H and O–H groups in total. The van der Waals surface area contributed by atoms with Gasteiger partial charge in [0.25, 0.3) is 6.48 Å². The lowest BCUT2D eigenvalue weighted by Crippen LogP contribution is -2.14. The van der Waals surface area contributed by atoms with E-state index in [-0.39, 0.29) is 0 Å². The Balaban J connectivity index is 3.41. The molecule has 0 saturated carbocycles. The van der Waals surface area contributed by atoms with Gasteiger partial charge < -0.3 is 14.0 Å². The zero-order chi connectivity index (χ0) is 7.98. The molecule has 0 aromatic heterocycles. The van der Waals surface area contributed by atoms with Gasteiger partial charge in [-0.15, -0.1) is 0 Å². The molecule has 0 rings (SSSR count). The number of hydrogen-bond donors (Lipinski definition) is 0. The summed E-state index contributed by atoms with van der Waals surface area (Å²) >= 11 is 0. The fourth-order valence-corrected chi connectivity index (χ4v) is 0.847. The van der Waals surface area contributed by atoms with E-state index in [1.807, 2.05) is 6.66 Å². The van der Waals surface area contributed by atoms with Crippen molar-refractivity contribution in [1.29, 1.82) is 0 Å². The molecule has 4 nitrogen and oxygen atoms in total. The zero-order valence-corrected chi connectivity index (χ0v) is 7.55. The first kappa shape index (κ1) is 10.3. The summed E-state index contributed by atoms with van der Waals surface area (Å²) in [6.45, 7) is 1.21. The summed E-state index contributed by atoms with van der Waals surface area (Å²) < 4.78 is 19.5. The number of methoxy groups -OCH3 is 2. The average Bonchev–Trinajstić information content (AvgIpc) is 1.99. The van der Waals surface area contributed by atoms with Crippen LogP contribution >= 0.6 is 8.38 Å². The van der Waals surface area contributed by atoms with Crippen LogP contribution in [0.5, 0.6) is 0 Å². The van der Waals surface area contributed by atoms with E-state index < -0.39 is 14.9 Å². The third kappa shape index (κ3) is 4.14. The van der Waals surface area contributed by atoms with E-state index in [0.29, 0.717) is 0 Å². The van der Waals surface area contributed by atoms with Gasteiger partial charge in [-0.25, -0.2) is 0 Å². The van der Waals surface area contributed by atoms with Gasteiger partial charge in [-0.1, -0.05) is 0 Å². The van der Waals surface area contributed by atoms with Crippen molar-refractivity contribution in [2.45, 2.75) is 6.48 Å². The Kier molecular flexibility index (Phi) is 6.17. The van der Waals surface area contributed by atoms with Crippen molar-refractivity contribution in [3.63, 3.8) is 0 Å². The van der Waals surface area contributed by atoms with Crippen LogP contribution in [0.4, 0.5) is 0 Å². The molecule has 0 aliphatic carbocycles. The van der Waals surface area contributed by atoms with E-state index in [1.165, 1.54) is 14.2 Å². The largest absolute Gasteiger partial charge is 0.337 e. The molecule has 0 aromatic carbocycles. The minimum Gasteiger partial charge on any atom is -0.337 e. The number of hydrogen-bond acceptors (Lipinski definition) is 4.